The predicted octanol–water partition coefficient (Wildman–Crippen LogP) is 2.78. The highest BCUT2D eigenvalue weighted by Crippen LogP contribution is 2.24. The van der Waals surface area contributed by atoms with Crippen LogP contribution in [0.3, 0.4) is 0 Å². The lowest BCUT2D eigenvalue weighted by atomic mass is 10.1. The normalized spacial score (nSPS) is 17.3. The molecule has 118 valence electrons. The molecule has 0 bridgehead atoms. The Bertz CT molecular complexity index is 695. The zero-order chi connectivity index (χ0) is 16.2. The Morgan fingerprint density at radius 1 is 1.13 bits per heavy atom. The Hall–Kier alpha value is -2.62. The maximum atomic E-state index is 12.2. The second-order valence-electron chi connectivity index (χ2n) is 5.99. The van der Waals surface area contributed by atoms with Crippen LogP contribution < -0.4 is 10.2 Å². The number of anilines is 1. The lowest BCUT2D eigenvalue weighted by molar-refractivity contribution is -0.117. The summed E-state index contributed by atoms with van der Waals surface area (Å²) in [7, 11) is 0. The Morgan fingerprint density at radius 2 is 1.83 bits per heavy atom. The highest BCUT2D eigenvalue weighted by molar-refractivity contribution is 5.96. The molecule has 1 heterocycles. The second-order valence-corrected chi connectivity index (χ2v) is 5.99. The number of nitrogens with one attached hydrogen (secondary N) is 1. The van der Waals surface area contributed by atoms with Crippen molar-refractivity contribution in [2.24, 2.45) is 5.92 Å². The van der Waals surface area contributed by atoms with Crippen LogP contribution in [0.5, 0.6) is 0 Å². The summed E-state index contributed by atoms with van der Waals surface area (Å²) in [5, 5.41) is 2.94. The van der Waals surface area contributed by atoms with E-state index in [4.69, 9.17) is 0 Å². The van der Waals surface area contributed by atoms with E-state index >= 15 is 0 Å². The van der Waals surface area contributed by atoms with Crippen LogP contribution in [0, 0.1) is 12.8 Å². The predicted molar refractivity (Wildman–Crippen MR) is 90.4 cm³/mol. The van der Waals surface area contributed by atoms with Gasteiger partial charge in [0, 0.05) is 36.7 Å². The SMILES string of the molecule is Cc1ccc(C(=O)NC[C@H]2CC(=O)N(c3ccccc3)C2)cc1. The minimum atomic E-state index is -0.0874. The number of nitrogens with zero attached hydrogens (tertiary/aromatic N) is 1. The fourth-order valence-electron chi connectivity index (χ4n) is 2.82. The summed E-state index contributed by atoms with van der Waals surface area (Å²) >= 11 is 0. The fraction of sp³-hybridized carbons (Fsp3) is 0.263. The van der Waals surface area contributed by atoms with Crippen LogP contribution in [0.2, 0.25) is 0 Å². The minimum absolute atomic E-state index is 0.0874. The first kappa shape index (κ1) is 15.3. The standard InChI is InChI=1S/C19H20N2O2/c1-14-7-9-16(10-8-14)19(23)20-12-15-11-18(22)21(13-15)17-5-3-2-4-6-17/h2-10,15H,11-13H2,1H3,(H,20,23)/t15-/m1/s1. The first-order valence-electron chi connectivity index (χ1n) is 7.84. The number of amides is 2. The molecule has 1 atom stereocenters. The molecule has 1 fully saturated rings. The van der Waals surface area contributed by atoms with E-state index in [1.165, 1.54) is 0 Å². The van der Waals surface area contributed by atoms with Crippen LogP contribution in [0.1, 0.15) is 22.3 Å². The summed E-state index contributed by atoms with van der Waals surface area (Å²) in [6.07, 6.45) is 0.475. The van der Waals surface area contributed by atoms with E-state index in [0.29, 0.717) is 25.1 Å². The number of hydrogen-bond acceptors (Lipinski definition) is 2. The molecule has 0 aliphatic carbocycles. The Labute approximate surface area is 136 Å². The van der Waals surface area contributed by atoms with Crippen LogP contribution in [0.15, 0.2) is 54.6 Å². The maximum Gasteiger partial charge on any atom is 0.251 e. The Balaban J connectivity index is 1.56. The monoisotopic (exact) mass is 308 g/mol. The van der Waals surface area contributed by atoms with Crippen molar-refractivity contribution in [3.05, 3.63) is 65.7 Å². The van der Waals surface area contributed by atoms with Crippen LogP contribution in [-0.2, 0) is 4.79 Å². The summed E-state index contributed by atoms with van der Waals surface area (Å²) in [4.78, 5) is 26.1. The third-order valence-electron chi connectivity index (χ3n) is 4.14. The highest BCUT2D eigenvalue weighted by atomic mass is 16.2. The van der Waals surface area contributed by atoms with Gasteiger partial charge in [-0.25, -0.2) is 0 Å². The first-order chi connectivity index (χ1) is 11.1. The van der Waals surface area contributed by atoms with E-state index in [2.05, 4.69) is 5.32 Å². The summed E-state index contributed by atoms with van der Waals surface area (Å²) < 4.78 is 0. The molecule has 1 N–H and O–H groups in total. The number of benzene rings is 2. The molecule has 1 saturated heterocycles. The quantitative estimate of drug-likeness (QED) is 0.944. The molecule has 2 amide bonds. The second kappa shape index (κ2) is 6.65. The number of aryl methyl sites for hydroxylation is 1. The van der Waals surface area contributed by atoms with Crippen LogP contribution >= 0.6 is 0 Å². The van der Waals surface area contributed by atoms with Gasteiger partial charge in [-0.15, -0.1) is 0 Å². The molecule has 0 spiro atoms. The average molecular weight is 308 g/mol. The number of hydrogen-bond donors (Lipinski definition) is 1. The van der Waals surface area contributed by atoms with Crippen molar-refractivity contribution in [2.45, 2.75) is 13.3 Å². The third kappa shape index (κ3) is 3.59. The number of carbonyl (C=O) groups is 2. The zero-order valence-corrected chi connectivity index (χ0v) is 13.2. The average Bonchev–Trinajstić information content (AvgIpc) is 2.95. The molecule has 4 heteroatoms. The molecule has 23 heavy (non-hydrogen) atoms. The first-order valence-corrected chi connectivity index (χ1v) is 7.84. The number of carbonyl (C=O) groups excluding carboxylic acids is 2. The van der Waals surface area contributed by atoms with E-state index < -0.39 is 0 Å². The largest absolute Gasteiger partial charge is 0.352 e. The Morgan fingerprint density at radius 3 is 2.52 bits per heavy atom. The summed E-state index contributed by atoms with van der Waals surface area (Å²) in [6.45, 7) is 3.16. The van der Waals surface area contributed by atoms with Gasteiger partial charge in [0.15, 0.2) is 0 Å². The van der Waals surface area contributed by atoms with Crippen LogP contribution in [-0.4, -0.2) is 24.9 Å². The van der Waals surface area contributed by atoms with Crippen molar-refractivity contribution in [1.82, 2.24) is 5.32 Å². The van der Waals surface area contributed by atoms with E-state index in [1.54, 1.807) is 4.90 Å². The van der Waals surface area contributed by atoms with E-state index in [-0.39, 0.29) is 17.7 Å². The third-order valence-corrected chi connectivity index (χ3v) is 4.14. The van der Waals surface area contributed by atoms with Crippen molar-refractivity contribution in [1.29, 1.82) is 0 Å². The van der Waals surface area contributed by atoms with Gasteiger partial charge >= 0.3 is 0 Å². The summed E-state index contributed by atoms with van der Waals surface area (Å²) in [6, 6.07) is 17.1. The van der Waals surface area contributed by atoms with Gasteiger partial charge in [-0.05, 0) is 31.2 Å². The lowest BCUT2D eigenvalue weighted by Gasteiger charge is -2.16. The molecular formula is C19H20N2O2. The van der Waals surface area contributed by atoms with Gasteiger partial charge in [-0.1, -0.05) is 35.9 Å². The summed E-state index contributed by atoms with van der Waals surface area (Å²) in [5.74, 6) is 0.179. The molecule has 4 nitrogen and oxygen atoms in total. The molecule has 2 aromatic carbocycles. The van der Waals surface area contributed by atoms with Gasteiger partial charge in [0.2, 0.25) is 5.91 Å². The van der Waals surface area contributed by atoms with Crippen molar-refractivity contribution >= 4 is 17.5 Å². The van der Waals surface area contributed by atoms with Gasteiger partial charge in [0.25, 0.3) is 5.91 Å². The molecule has 3 rings (SSSR count). The van der Waals surface area contributed by atoms with Gasteiger partial charge in [0.05, 0.1) is 0 Å². The molecule has 0 radical (unpaired) electrons. The molecule has 0 saturated carbocycles. The van der Waals surface area contributed by atoms with Crippen LogP contribution in [0.25, 0.3) is 0 Å². The van der Waals surface area contributed by atoms with Crippen molar-refractivity contribution < 1.29 is 9.59 Å². The topological polar surface area (TPSA) is 49.4 Å². The molecule has 1 aliphatic rings. The number of rotatable bonds is 4. The van der Waals surface area contributed by atoms with Crippen molar-refractivity contribution in [3.63, 3.8) is 0 Å². The highest BCUT2D eigenvalue weighted by Gasteiger charge is 2.30. The van der Waals surface area contributed by atoms with E-state index in [1.807, 2.05) is 61.5 Å². The van der Waals surface area contributed by atoms with Crippen molar-refractivity contribution in [2.75, 3.05) is 18.0 Å². The van der Waals surface area contributed by atoms with Crippen molar-refractivity contribution in [3.8, 4) is 0 Å². The van der Waals surface area contributed by atoms with Gasteiger partial charge in [-0.2, -0.15) is 0 Å². The number of para-hydroxylation sites is 1. The van der Waals surface area contributed by atoms with Gasteiger partial charge in [-0.3, -0.25) is 9.59 Å². The van der Waals surface area contributed by atoms with Gasteiger partial charge < -0.3 is 10.2 Å². The Kier molecular flexibility index (Phi) is 4.42. The van der Waals surface area contributed by atoms with Crippen LogP contribution in [0.4, 0.5) is 5.69 Å². The zero-order valence-electron chi connectivity index (χ0n) is 13.2. The van der Waals surface area contributed by atoms with E-state index in [9.17, 15) is 9.59 Å². The smallest absolute Gasteiger partial charge is 0.251 e. The minimum Gasteiger partial charge on any atom is -0.352 e. The molecular weight excluding hydrogens is 288 g/mol. The maximum absolute atomic E-state index is 12.2. The van der Waals surface area contributed by atoms with E-state index in [0.717, 1.165) is 11.3 Å². The molecule has 0 unspecified atom stereocenters. The molecule has 0 aromatic heterocycles. The fourth-order valence-corrected chi connectivity index (χ4v) is 2.82. The lowest BCUT2D eigenvalue weighted by Crippen LogP contribution is -2.31. The molecule has 2 aromatic rings. The summed E-state index contributed by atoms with van der Waals surface area (Å²) in [5.41, 5.74) is 2.70. The van der Waals surface area contributed by atoms with Gasteiger partial charge in [0.1, 0.15) is 0 Å². The molecule has 1 aliphatic heterocycles.